The highest BCUT2D eigenvalue weighted by Gasteiger charge is 2.30. The highest BCUT2D eigenvalue weighted by atomic mass is 19.4. The van der Waals surface area contributed by atoms with Gasteiger partial charge in [-0.1, -0.05) is 29.8 Å². The van der Waals surface area contributed by atoms with Crippen molar-refractivity contribution < 1.29 is 22.8 Å². The van der Waals surface area contributed by atoms with Crippen LogP contribution in [-0.4, -0.2) is 11.8 Å². The van der Waals surface area contributed by atoms with Gasteiger partial charge in [0.15, 0.2) is 0 Å². The molecule has 0 fully saturated rings. The maximum Gasteiger partial charge on any atom is 0.416 e. The monoisotopic (exact) mass is 412 g/mol. The first kappa shape index (κ1) is 21.1. The highest BCUT2D eigenvalue weighted by Crippen LogP contribution is 2.30. The molecule has 0 aromatic heterocycles. The van der Waals surface area contributed by atoms with Crippen molar-refractivity contribution >= 4 is 23.2 Å². The van der Waals surface area contributed by atoms with E-state index in [0.29, 0.717) is 11.3 Å². The number of benzene rings is 3. The summed E-state index contributed by atoms with van der Waals surface area (Å²) >= 11 is 0. The Morgan fingerprint density at radius 2 is 1.40 bits per heavy atom. The normalized spacial score (nSPS) is 11.1. The Kier molecular flexibility index (Phi) is 5.91. The van der Waals surface area contributed by atoms with Crippen LogP contribution in [-0.2, 0) is 6.18 Å². The summed E-state index contributed by atoms with van der Waals surface area (Å²) in [4.78, 5) is 25.0. The zero-order chi connectivity index (χ0) is 21.9. The van der Waals surface area contributed by atoms with Gasteiger partial charge in [0, 0.05) is 22.5 Å². The van der Waals surface area contributed by atoms with Gasteiger partial charge in [-0.3, -0.25) is 9.59 Å². The molecule has 0 saturated heterocycles. The van der Waals surface area contributed by atoms with Crippen molar-refractivity contribution in [1.29, 1.82) is 0 Å². The summed E-state index contributed by atoms with van der Waals surface area (Å²) in [6.07, 6.45) is -4.50. The predicted octanol–water partition coefficient (Wildman–Crippen LogP) is 5.83. The number of nitrogens with one attached hydrogen (secondary N) is 2. The van der Waals surface area contributed by atoms with E-state index in [9.17, 15) is 22.8 Å². The summed E-state index contributed by atoms with van der Waals surface area (Å²) in [7, 11) is 0. The Labute approximate surface area is 171 Å². The molecule has 0 aliphatic carbocycles. The molecule has 0 aliphatic heterocycles. The van der Waals surface area contributed by atoms with E-state index >= 15 is 0 Å². The molecule has 0 aliphatic rings. The molecule has 4 nitrogen and oxygen atoms in total. The third-order valence-electron chi connectivity index (χ3n) is 4.47. The molecule has 0 heterocycles. The van der Waals surface area contributed by atoms with Gasteiger partial charge in [0.1, 0.15) is 0 Å². The molecule has 0 bridgehead atoms. The molecule has 0 unspecified atom stereocenters. The molecule has 0 atom stereocenters. The Hall–Kier alpha value is -3.61. The summed E-state index contributed by atoms with van der Waals surface area (Å²) in [6, 6.07) is 16.1. The first-order valence-corrected chi connectivity index (χ1v) is 9.11. The van der Waals surface area contributed by atoms with Gasteiger partial charge in [0.25, 0.3) is 11.8 Å². The molecule has 2 N–H and O–H groups in total. The molecule has 0 saturated carbocycles. The fourth-order valence-corrected chi connectivity index (χ4v) is 2.89. The van der Waals surface area contributed by atoms with E-state index in [4.69, 9.17) is 0 Å². The molecular weight excluding hydrogens is 393 g/mol. The molecule has 0 spiro atoms. The lowest BCUT2D eigenvalue weighted by atomic mass is 10.0. The molecule has 2 amide bonds. The second-order valence-electron chi connectivity index (χ2n) is 6.89. The van der Waals surface area contributed by atoms with Crippen molar-refractivity contribution in [3.05, 3.63) is 94.5 Å². The van der Waals surface area contributed by atoms with Crippen LogP contribution in [0.25, 0.3) is 0 Å². The predicted molar refractivity (Wildman–Crippen MR) is 110 cm³/mol. The smallest absolute Gasteiger partial charge is 0.322 e. The zero-order valence-corrected chi connectivity index (χ0v) is 16.3. The second kappa shape index (κ2) is 8.41. The molecule has 3 rings (SSSR count). The van der Waals surface area contributed by atoms with E-state index in [0.717, 1.165) is 23.3 Å². The van der Waals surface area contributed by atoms with Crippen LogP contribution in [0.4, 0.5) is 24.5 Å². The third kappa shape index (κ3) is 5.05. The fraction of sp³-hybridized carbons (Fsp3) is 0.130. The highest BCUT2D eigenvalue weighted by molar-refractivity contribution is 6.08. The SMILES string of the molecule is Cc1ccc(C)c(C(=O)Nc2cccc(C(=O)Nc3cccc(C(F)(F)F)c3)c2)c1. The Morgan fingerprint density at radius 1 is 0.767 bits per heavy atom. The number of rotatable bonds is 4. The third-order valence-corrected chi connectivity index (χ3v) is 4.47. The molecule has 30 heavy (non-hydrogen) atoms. The molecule has 154 valence electrons. The lowest BCUT2D eigenvalue weighted by Crippen LogP contribution is -2.16. The van der Waals surface area contributed by atoms with Gasteiger partial charge in [0.2, 0.25) is 0 Å². The van der Waals surface area contributed by atoms with E-state index in [2.05, 4.69) is 10.6 Å². The Balaban J connectivity index is 1.76. The maximum atomic E-state index is 12.8. The second-order valence-corrected chi connectivity index (χ2v) is 6.89. The Morgan fingerprint density at radius 3 is 2.10 bits per heavy atom. The van der Waals surface area contributed by atoms with E-state index in [-0.39, 0.29) is 17.2 Å². The number of carbonyl (C=O) groups excluding carboxylic acids is 2. The molecule has 3 aromatic rings. The standard InChI is InChI=1S/C23H19F3N2O2/c1-14-9-10-15(2)20(11-14)22(30)28-18-7-3-5-16(12-18)21(29)27-19-8-4-6-17(13-19)23(24,25)26/h3-13H,1-2H3,(H,27,29)(H,28,30). The minimum absolute atomic E-state index is 0.0275. The Bertz CT molecular complexity index is 1110. The van der Waals surface area contributed by atoms with Crippen LogP contribution in [0.3, 0.4) is 0 Å². The van der Waals surface area contributed by atoms with Gasteiger partial charge >= 0.3 is 6.18 Å². The van der Waals surface area contributed by atoms with Crippen LogP contribution < -0.4 is 10.6 Å². The average molecular weight is 412 g/mol. The summed E-state index contributed by atoms with van der Waals surface area (Å²) in [5.41, 5.74) is 2.06. The van der Waals surface area contributed by atoms with E-state index in [1.807, 2.05) is 26.0 Å². The van der Waals surface area contributed by atoms with Crippen LogP contribution in [0.1, 0.15) is 37.4 Å². The van der Waals surface area contributed by atoms with Crippen LogP contribution in [0, 0.1) is 13.8 Å². The van der Waals surface area contributed by atoms with Gasteiger partial charge in [-0.05, 0) is 61.9 Å². The minimum Gasteiger partial charge on any atom is -0.322 e. The first-order valence-electron chi connectivity index (χ1n) is 9.11. The van der Waals surface area contributed by atoms with Gasteiger partial charge in [0.05, 0.1) is 5.56 Å². The first-order chi connectivity index (χ1) is 14.1. The topological polar surface area (TPSA) is 58.2 Å². The lowest BCUT2D eigenvalue weighted by molar-refractivity contribution is -0.137. The number of anilines is 2. The van der Waals surface area contributed by atoms with Crippen molar-refractivity contribution in [1.82, 2.24) is 0 Å². The maximum absolute atomic E-state index is 12.8. The summed E-state index contributed by atoms with van der Waals surface area (Å²) in [5.74, 6) is -0.899. The van der Waals surface area contributed by atoms with E-state index in [1.54, 1.807) is 18.2 Å². The van der Waals surface area contributed by atoms with Crippen molar-refractivity contribution in [3.8, 4) is 0 Å². The quantitative estimate of drug-likeness (QED) is 0.567. The molecular formula is C23H19F3N2O2. The van der Waals surface area contributed by atoms with E-state index in [1.165, 1.54) is 24.3 Å². The lowest BCUT2D eigenvalue weighted by Gasteiger charge is -2.11. The van der Waals surface area contributed by atoms with Gasteiger partial charge in [-0.2, -0.15) is 13.2 Å². The summed E-state index contributed by atoms with van der Waals surface area (Å²) in [6.45, 7) is 3.71. The van der Waals surface area contributed by atoms with Crippen LogP contribution in [0.2, 0.25) is 0 Å². The number of carbonyl (C=O) groups is 2. The molecule has 0 radical (unpaired) electrons. The van der Waals surface area contributed by atoms with Gasteiger partial charge < -0.3 is 10.6 Å². The number of hydrogen-bond acceptors (Lipinski definition) is 2. The van der Waals surface area contributed by atoms with Crippen molar-refractivity contribution in [3.63, 3.8) is 0 Å². The van der Waals surface area contributed by atoms with Crippen LogP contribution in [0.5, 0.6) is 0 Å². The van der Waals surface area contributed by atoms with E-state index < -0.39 is 17.6 Å². The summed E-state index contributed by atoms with van der Waals surface area (Å²) in [5, 5.41) is 5.19. The van der Waals surface area contributed by atoms with Crippen LogP contribution >= 0.6 is 0 Å². The number of aryl methyl sites for hydroxylation is 2. The molecule has 3 aromatic carbocycles. The zero-order valence-electron chi connectivity index (χ0n) is 16.3. The fourth-order valence-electron chi connectivity index (χ4n) is 2.89. The van der Waals surface area contributed by atoms with Gasteiger partial charge in [-0.15, -0.1) is 0 Å². The number of hydrogen-bond donors (Lipinski definition) is 2. The number of alkyl halides is 3. The largest absolute Gasteiger partial charge is 0.416 e. The van der Waals surface area contributed by atoms with Crippen molar-refractivity contribution in [2.75, 3.05) is 10.6 Å². The number of amides is 2. The van der Waals surface area contributed by atoms with Crippen molar-refractivity contribution in [2.45, 2.75) is 20.0 Å². The average Bonchev–Trinajstić information content (AvgIpc) is 2.69. The van der Waals surface area contributed by atoms with Crippen LogP contribution in [0.15, 0.2) is 66.7 Å². The minimum atomic E-state index is -4.50. The molecule has 7 heteroatoms. The summed E-state index contributed by atoms with van der Waals surface area (Å²) < 4.78 is 38.5. The number of halogens is 3. The van der Waals surface area contributed by atoms with Crippen molar-refractivity contribution in [2.24, 2.45) is 0 Å². The van der Waals surface area contributed by atoms with Gasteiger partial charge in [-0.25, -0.2) is 0 Å².